The highest BCUT2D eigenvalue weighted by Gasteiger charge is 2.28. The van der Waals surface area contributed by atoms with Gasteiger partial charge < -0.3 is 15.4 Å². The van der Waals surface area contributed by atoms with E-state index < -0.39 is 11.7 Å². The fourth-order valence-corrected chi connectivity index (χ4v) is 4.02. The van der Waals surface area contributed by atoms with Gasteiger partial charge in [0.1, 0.15) is 11.4 Å². The van der Waals surface area contributed by atoms with Gasteiger partial charge in [-0.05, 0) is 64.0 Å². The summed E-state index contributed by atoms with van der Waals surface area (Å²) in [6, 6.07) is 3.86. The zero-order valence-electron chi connectivity index (χ0n) is 19.5. The maximum Gasteiger partial charge on any atom is 0.407 e. The second-order valence-electron chi connectivity index (χ2n) is 9.57. The number of rotatable bonds is 4. The van der Waals surface area contributed by atoms with E-state index in [-0.39, 0.29) is 17.9 Å². The van der Waals surface area contributed by atoms with Crippen molar-refractivity contribution in [3.05, 3.63) is 36.9 Å². The van der Waals surface area contributed by atoms with Gasteiger partial charge in [-0.2, -0.15) is 5.10 Å². The van der Waals surface area contributed by atoms with Gasteiger partial charge in [0.25, 0.3) is 0 Å². The average molecular weight is 451 g/mol. The fraction of sp³-hybridized carbons (Fsp3) is 0.458. The molecular formula is C24H30N6O3. The SMILES string of the molecule is Cn1cc(-c2cc3cc(NC(=O)C4CCC(NC(=O)OC(C)(C)C)CC4)ncc3cn2)cn1. The topological polar surface area (TPSA) is 111 Å². The lowest BCUT2D eigenvalue weighted by Crippen LogP contribution is -2.42. The third-order valence-electron chi connectivity index (χ3n) is 5.67. The maximum absolute atomic E-state index is 12.8. The first-order chi connectivity index (χ1) is 15.7. The molecule has 9 nitrogen and oxygen atoms in total. The van der Waals surface area contributed by atoms with E-state index in [4.69, 9.17) is 4.74 Å². The van der Waals surface area contributed by atoms with Crippen LogP contribution in [0.1, 0.15) is 46.5 Å². The van der Waals surface area contributed by atoms with Crippen molar-refractivity contribution in [2.45, 2.75) is 58.1 Å². The molecule has 33 heavy (non-hydrogen) atoms. The molecule has 1 fully saturated rings. The minimum absolute atomic E-state index is 0.0288. The number of carbonyl (C=O) groups excluding carboxylic acids is 2. The van der Waals surface area contributed by atoms with Crippen molar-refractivity contribution in [3.63, 3.8) is 0 Å². The molecule has 0 saturated heterocycles. The zero-order chi connectivity index (χ0) is 23.6. The van der Waals surface area contributed by atoms with E-state index in [1.807, 2.05) is 46.1 Å². The molecule has 0 unspecified atom stereocenters. The van der Waals surface area contributed by atoms with E-state index in [9.17, 15) is 9.59 Å². The normalized spacial score (nSPS) is 18.7. The Morgan fingerprint density at radius 2 is 1.76 bits per heavy atom. The van der Waals surface area contributed by atoms with E-state index in [2.05, 4.69) is 25.7 Å². The summed E-state index contributed by atoms with van der Waals surface area (Å²) in [6.07, 6.45) is 9.64. The number of ether oxygens (including phenoxy) is 1. The number of hydrogen-bond donors (Lipinski definition) is 2. The van der Waals surface area contributed by atoms with Crippen LogP contribution in [-0.2, 0) is 16.6 Å². The average Bonchev–Trinajstić information content (AvgIpc) is 3.18. The molecule has 1 aliphatic carbocycles. The summed E-state index contributed by atoms with van der Waals surface area (Å²) in [5, 5.41) is 11.9. The van der Waals surface area contributed by atoms with Gasteiger partial charge in [0.15, 0.2) is 0 Å². The van der Waals surface area contributed by atoms with Gasteiger partial charge in [-0.1, -0.05) is 0 Å². The summed E-state index contributed by atoms with van der Waals surface area (Å²) in [7, 11) is 1.86. The first-order valence-corrected chi connectivity index (χ1v) is 11.2. The van der Waals surface area contributed by atoms with E-state index in [1.165, 1.54) is 0 Å². The number of aromatic nitrogens is 4. The third-order valence-corrected chi connectivity index (χ3v) is 5.67. The van der Waals surface area contributed by atoms with Crippen molar-refractivity contribution in [2.24, 2.45) is 13.0 Å². The number of nitrogens with one attached hydrogen (secondary N) is 2. The molecule has 2 amide bonds. The Bertz CT molecular complexity index is 1160. The molecule has 9 heteroatoms. The standard InChI is InChI=1S/C24H30N6O3/c1-24(2,3)33-23(32)28-19-7-5-15(6-8-19)22(31)29-21-10-16-9-20(18-13-27-30(4)14-18)25-11-17(16)12-26-21/h9-15,19H,5-8H2,1-4H3,(H,28,32)(H,26,29,31). The first-order valence-electron chi connectivity index (χ1n) is 11.2. The Morgan fingerprint density at radius 1 is 1.03 bits per heavy atom. The molecule has 3 aromatic heterocycles. The predicted molar refractivity (Wildman–Crippen MR) is 125 cm³/mol. The lowest BCUT2D eigenvalue weighted by Gasteiger charge is -2.29. The molecule has 3 heterocycles. The van der Waals surface area contributed by atoms with Gasteiger partial charge in [0.05, 0.1) is 11.9 Å². The van der Waals surface area contributed by atoms with Gasteiger partial charge in [-0.3, -0.25) is 14.5 Å². The van der Waals surface area contributed by atoms with E-state index in [1.54, 1.807) is 23.3 Å². The van der Waals surface area contributed by atoms with Crippen LogP contribution in [0, 0.1) is 5.92 Å². The third kappa shape index (κ3) is 5.85. The number of aryl methyl sites for hydroxylation is 1. The minimum Gasteiger partial charge on any atom is -0.444 e. The van der Waals surface area contributed by atoms with Crippen LogP contribution in [0.15, 0.2) is 36.9 Å². The number of carbonyl (C=O) groups is 2. The summed E-state index contributed by atoms with van der Waals surface area (Å²) in [5.41, 5.74) is 1.22. The van der Waals surface area contributed by atoms with Gasteiger partial charge in [-0.15, -0.1) is 0 Å². The highest BCUT2D eigenvalue weighted by atomic mass is 16.6. The van der Waals surface area contributed by atoms with Crippen molar-refractivity contribution >= 4 is 28.6 Å². The van der Waals surface area contributed by atoms with Crippen molar-refractivity contribution < 1.29 is 14.3 Å². The van der Waals surface area contributed by atoms with Crippen LogP contribution in [0.4, 0.5) is 10.6 Å². The Hall–Kier alpha value is -3.49. The van der Waals surface area contributed by atoms with Crippen LogP contribution in [0.25, 0.3) is 22.0 Å². The summed E-state index contributed by atoms with van der Waals surface area (Å²) < 4.78 is 7.05. The maximum atomic E-state index is 12.8. The van der Waals surface area contributed by atoms with Crippen molar-refractivity contribution in [1.29, 1.82) is 0 Å². The lowest BCUT2D eigenvalue weighted by atomic mass is 9.85. The predicted octanol–water partition coefficient (Wildman–Crippen LogP) is 4.05. The summed E-state index contributed by atoms with van der Waals surface area (Å²) in [4.78, 5) is 33.7. The Balaban J connectivity index is 1.35. The van der Waals surface area contributed by atoms with Crippen LogP contribution in [0.2, 0.25) is 0 Å². The van der Waals surface area contributed by atoms with Gasteiger partial charge in [0, 0.05) is 48.5 Å². The van der Waals surface area contributed by atoms with E-state index in [0.717, 1.165) is 34.9 Å². The van der Waals surface area contributed by atoms with Crippen molar-refractivity contribution in [1.82, 2.24) is 25.1 Å². The number of amides is 2. The van der Waals surface area contributed by atoms with E-state index >= 15 is 0 Å². The molecule has 3 aromatic rings. The number of alkyl carbamates (subject to hydrolysis) is 1. The van der Waals surface area contributed by atoms with E-state index in [0.29, 0.717) is 18.7 Å². The highest BCUT2D eigenvalue weighted by molar-refractivity contribution is 5.94. The minimum atomic E-state index is -0.525. The van der Waals surface area contributed by atoms with Crippen LogP contribution in [-0.4, -0.2) is 43.4 Å². The fourth-order valence-electron chi connectivity index (χ4n) is 4.02. The summed E-state index contributed by atoms with van der Waals surface area (Å²) >= 11 is 0. The van der Waals surface area contributed by atoms with Gasteiger partial charge >= 0.3 is 6.09 Å². The number of anilines is 1. The molecule has 0 aliphatic heterocycles. The Labute approximate surface area is 192 Å². The molecular weight excluding hydrogens is 420 g/mol. The molecule has 0 aromatic carbocycles. The second kappa shape index (κ2) is 9.17. The van der Waals surface area contributed by atoms with Crippen molar-refractivity contribution in [2.75, 3.05) is 5.32 Å². The first kappa shape index (κ1) is 22.7. The molecule has 1 saturated carbocycles. The molecule has 4 rings (SSSR count). The van der Waals surface area contributed by atoms with Crippen LogP contribution < -0.4 is 10.6 Å². The molecule has 2 N–H and O–H groups in total. The second-order valence-corrected chi connectivity index (χ2v) is 9.57. The summed E-state index contributed by atoms with van der Waals surface area (Å²) in [6.45, 7) is 5.51. The summed E-state index contributed by atoms with van der Waals surface area (Å²) in [5.74, 6) is 0.367. The smallest absolute Gasteiger partial charge is 0.407 e. The molecule has 1 aliphatic rings. The number of hydrogen-bond acceptors (Lipinski definition) is 6. The highest BCUT2D eigenvalue weighted by Crippen LogP contribution is 2.27. The molecule has 0 spiro atoms. The van der Waals surface area contributed by atoms with Gasteiger partial charge in [0.2, 0.25) is 5.91 Å². The largest absolute Gasteiger partial charge is 0.444 e. The lowest BCUT2D eigenvalue weighted by molar-refractivity contribution is -0.120. The Morgan fingerprint density at radius 3 is 2.42 bits per heavy atom. The molecule has 0 radical (unpaired) electrons. The number of nitrogens with zero attached hydrogens (tertiary/aromatic N) is 4. The quantitative estimate of drug-likeness (QED) is 0.620. The van der Waals surface area contributed by atoms with Crippen molar-refractivity contribution in [3.8, 4) is 11.3 Å². The van der Waals surface area contributed by atoms with Crippen LogP contribution in [0.5, 0.6) is 0 Å². The molecule has 0 bridgehead atoms. The monoisotopic (exact) mass is 450 g/mol. The zero-order valence-corrected chi connectivity index (χ0v) is 19.5. The number of pyridine rings is 2. The Kier molecular flexibility index (Phi) is 6.31. The molecule has 0 atom stereocenters. The number of fused-ring (bicyclic) bond motifs is 1. The van der Waals surface area contributed by atoms with Gasteiger partial charge in [-0.25, -0.2) is 9.78 Å². The van der Waals surface area contributed by atoms with Crippen LogP contribution in [0.3, 0.4) is 0 Å². The molecule has 174 valence electrons. The van der Waals surface area contributed by atoms with Crippen LogP contribution >= 0.6 is 0 Å².